The number of amides is 1. The zero-order valence-corrected chi connectivity index (χ0v) is 16.4. The lowest BCUT2D eigenvalue weighted by Gasteiger charge is -2.31. The second kappa shape index (κ2) is 8.65. The fourth-order valence-corrected chi connectivity index (χ4v) is 3.37. The van der Waals surface area contributed by atoms with E-state index in [4.69, 9.17) is 4.74 Å². The summed E-state index contributed by atoms with van der Waals surface area (Å²) in [6.07, 6.45) is 5.72. The van der Waals surface area contributed by atoms with E-state index in [9.17, 15) is 4.79 Å². The largest absolute Gasteiger partial charge is 0.443 e. The van der Waals surface area contributed by atoms with E-state index in [0.717, 1.165) is 43.7 Å². The summed E-state index contributed by atoms with van der Waals surface area (Å²) in [5.41, 5.74) is 0.628. The van der Waals surface area contributed by atoms with Gasteiger partial charge in [-0.1, -0.05) is 26.3 Å². The van der Waals surface area contributed by atoms with Gasteiger partial charge in [-0.05, 0) is 59.2 Å². The van der Waals surface area contributed by atoms with Crippen LogP contribution in [0, 0.1) is 0 Å². The van der Waals surface area contributed by atoms with Crippen molar-refractivity contribution in [3.63, 3.8) is 0 Å². The highest BCUT2D eigenvalue weighted by atomic mass is 16.6. The van der Waals surface area contributed by atoms with Crippen LogP contribution in [-0.4, -0.2) is 41.2 Å². The third-order valence-electron chi connectivity index (χ3n) is 4.55. The van der Waals surface area contributed by atoms with Crippen molar-refractivity contribution in [2.24, 2.45) is 0 Å². The van der Waals surface area contributed by atoms with E-state index in [1.165, 1.54) is 6.42 Å². The van der Waals surface area contributed by atoms with E-state index in [1.54, 1.807) is 11.1 Å². The Balaban J connectivity index is 2.35. The first-order valence-corrected chi connectivity index (χ1v) is 9.56. The van der Waals surface area contributed by atoms with Crippen molar-refractivity contribution in [1.29, 1.82) is 0 Å². The minimum absolute atomic E-state index is 0.304. The normalized spacial score (nSPS) is 18.4. The third-order valence-corrected chi connectivity index (χ3v) is 4.55. The van der Waals surface area contributed by atoms with Gasteiger partial charge in [-0.15, -0.1) is 0 Å². The van der Waals surface area contributed by atoms with Gasteiger partial charge in [0.25, 0.3) is 0 Å². The fourth-order valence-electron chi connectivity index (χ4n) is 3.37. The van der Waals surface area contributed by atoms with Gasteiger partial charge in [0.1, 0.15) is 11.4 Å². The van der Waals surface area contributed by atoms with Gasteiger partial charge in [-0.2, -0.15) is 0 Å². The summed E-state index contributed by atoms with van der Waals surface area (Å²) in [6.45, 7) is 12.8. The van der Waals surface area contributed by atoms with Gasteiger partial charge in [0.2, 0.25) is 0 Å². The van der Waals surface area contributed by atoms with Crippen molar-refractivity contribution in [1.82, 2.24) is 9.88 Å². The maximum absolute atomic E-state index is 12.8. The van der Waals surface area contributed by atoms with Crippen molar-refractivity contribution < 1.29 is 9.53 Å². The molecule has 140 valence electrons. The van der Waals surface area contributed by atoms with Crippen LogP contribution in [0.4, 0.5) is 10.6 Å². The number of nitrogens with zero attached hydrogens (tertiary/aromatic N) is 3. The highest BCUT2D eigenvalue weighted by Gasteiger charge is 2.31. The van der Waals surface area contributed by atoms with E-state index in [2.05, 4.69) is 29.8 Å². The van der Waals surface area contributed by atoms with Crippen molar-refractivity contribution in [3.8, 4) is 0 Å². The summed E-state index contributed by atoms with van der Waals surface area (Å²) in [7, 11) is 0. The number of hydrogen-bond donors (Lipinski definition) is 0. The summed E-state index contributed by atoms with van der Waals surface area (Å²) in [5.74, 6) is 0.760. The molecule has 0 N–H and O–H groups in total. The summed E-state index contributed by atoms with van der Waals surface area (Å²) in [6, 6.07) is 4.42. The lowest BCUT2D eigenvalue weighted by atomic mass is 10.0. The molecule has 1 aromatic rings. The number of rotatable bonds is 6. The predicted octanol–water partition coefficient (Wildman–Crippen LogP) is 4.78. The average molecular weight is 348 g/mol. The van der Waals surface area contributed by atoms with Crippen LogP contribution in [0.1, 0.15) is 71.9 Å². The molecule has 0 spiro atoms. The molecular formula is C20H33N3O2. The molecule has 0 aromatic carbocycles. The zero-order valence-electron chi connectivity index (χ0n) is 16.4. The van der Waals surface area contributed by atoms with Crippen molar-refractivity contribution >= 4 is 11.9 Å². The van der Waals surface area contributed by atoms with E-state index in [1.807, 2.05) is 26.8 Å². The number of hydrogen-bond acceptors (Lipinski definition) is 4. The molecule has 1 fully saturated rings. The standard InChI is InChI=1S/C20H33N3O2/c1-6-8-15-23(19(24)25-20(3,4)5)18-16(11-9-13-21-18)17-12-10-14-22(17)7-2/h9,11,13,17H,6-8,10,12,14-15H2,1-5H3/t17-/m1/s1. The molecule has 5 heteroatoms. The lowest BCUT2D eigenvalue weighted by molar-refractivity contribution is 0.0578. The van der Waals surface area contributed by atoms with Crippen LogP contribution in [-0.2, 0) is 4.74 Å². The van der Waals surface area contributed by atoms with Crippen molar-refractivity contribution in [3.05, 3.63) is 23.9 Å². The molecule has 1 aliphatic rings. The Bertz CT molecular complexity index is 568. The molecule has 0 radical (unpaired) electrons. The minimum atomic E-state index is -0.515. The molecule has 0 saturated carbocycles. The van der Waals surface area contributed by atoms with Gasteiger partial charge in [0.05, 0.1) is 0 Å². The second-order valence-electron chi connectivity index (χ2n) is 7.69. The van der Waals surface area contributed by atoms with Crippen molar-refractivity contribution in [2.45, 2.75) is 71.9 Å². The van der Waals surface area contributed by atoms with Crippen LogP contribution in [0.25, 0.3) is 0 Å². The first-order chi connectivity index (χ1) is 11.9. The van der Waals surface area contributed by atoms with Gasteiger partial charge >= 0.3 is 6.09 Å². The topological polar surface area (TPSA) is 45.7 Å². The van der Waals surface area contributed by atoms with Crippen LogP contribution >= 0.6 is 0 Å². The first kappa shape index (κ1) is 19.7. The number of unbranched alkanes of at least 4 members (excludes halogenated alkanes) is 1. The van der Waals surface area contributed by atoms with Gasteiger partial charge < -0.3 is 4.74 Å². The summed E-state index contributed by atoms with van der Waals surface area (Å²) in [4.78, 5) is 21.6. The van der Waals surface area contributed by atoms with Gasteiger partial charge in [-0.3, -0.25) is 9.80 Å². The highest BCUT2D eigenvalue weighted by molar-refractivity contribution is 5.87. The number of likely N-dealkylation sites (tertiary alicyclic amines) is 1. The average Bonchev–Trinajstić information content (AvgIpc) is 3.02. The number of pyridine rings is 1. The molecule has 0 aliphatic carbocycles. The van der Waals surface area contributed by atoms with Gasteiger partial charge in [0, 0.05) is 24.3 Å². The smallest absolute Gasteiger partial charge is 0.416 e. The van der Waals surface area contributed by atoms with Crippen LogP contribution in [0.15, 0.2) is 18.3 Å². The van der Waals surface area contributed by atoms with Crippen molar-refractivity contribution in [2.75, 3.05) is 24.5 Å². The molecule has 2 heterocycles. The second-order valence-corrected chi connectivity index (χ2v) is 7.69. The maximum atomic E-state index is 12.8. The molecule has 1 aromatic heterocycles. The molecule has 0 unspecified atom stereocenters. The monoisotopic (exact) mass is 347 g/mol. The molecule has 25 heavy (non-hydrogen) atoms. The van der Waals surface area contributed by atoms with Crippen LogP contribution < -0.4 is 4.90 Å². The van der Waals surface area contributed by atoms with Crippen LogP contribution in [0.5, 0.6) is 0 Å². The Morgan fingerprint density at radius 2 is 2.16 bits per heavy atom. The van der Waals surface area contributed by atoms with Gasteiger partial charge in [-0.25, -0.2) is 9.78 Å². The predicted molar refractivity (Wildman–Crippen MR) is 102 cm³/mol. The summed E-state index contributed by atoms with van der Waals surface area (Å²) in [5, 5.41) is 0. The summed E-state index contributed by atoms with van der Waals surface area (Å²) >= 11 is 0. The molecule has 1 saturated heterocycles. The molecule has 5 nitrogen and oxygen atoms in total. The molecule has 1 atom stereocenters. The van der Waals surface area contributed by atoms with E-state index in [0.29, 0.717) is 12.6 Å². The Morgan fingerprint density at radius 1 is 1.40 bits per heavy atom. The Hall–Kier alpha value is -1.62. The molecule has 1 aliphatic heterocycles. The van der Waals surface area contributed by atoms with Crippen LogP contribution in [0.3, 0.4) is 0 Å². The third kappa shape index (κ3) is 5.18. The molecule has 2 rings (SSSR count). The SMILES string of the molecule is CCCCN(C(=O)OC(C)(C)C)c1ncccc1[C@H]1CCCN1CC. The lowest BCUT2D eigenvalue weighted by Crippen LogP contribution is -2.39. The van der Waals surface area contributed by atoms with E-state index < -0.39 is 5.60 Å². The molecule has 0 bridgehead atoms. The fraction of sp³-hybridized carbons (Fsp3) is 0.700. The summed E-state index contributed by atoms with van der Waals surface area (Å²) < 4.78 is 5.66. The maximum Gasteiger partial charge on any atom is 0.416 e. The molecule has 1 amide bonds. The number of carbonyl (C=O) groups excluding carboxylic acids is 1. The Morgan fingerprint density at radius 3 is 2.80 bits per heavy atom. The quantitative estimate of drug-likeness (QED) is 0.743. The number of carbonyl (C=O) groups is 1. The minimum Gasteiger partial charge on any atom is -0.443 e. The first-order valence-electron chi connectivity index (χ1n) is 9.56. The van der Waals surface area contributed by atoms with Crippen LogP contribution in [0.2, 0.25) is 0 Å². The van der Waals surface area contributed by atoms with E-state index in [-0.39, 0.29) is 6.09 Å². The Kier molecular flexibility index (Phi) is 6.82. The number of ether oxygens (including phenoxy) is 1. The number of aromatic nitrogens is 1. The Labute approximate surface area is 152 Å². The highest BCUT2D eigenvalue weighted by Crippen LogP contribution is 2.36. The van der Waals surface area contributed by atoms with E-state index >= 15 is 0 Å². The zero-order chi connectivity index (χ0) is 18.4. The van der Waals surface area contributed by atoms with Gasteiger partial charge in [0.15, 0.2) is 0 Å². The number of anilines is 1. The molecular weight excluding hydrogens is 314 g/mol.